The van der Waals surface area contributed by atoms with Crippen LogP contribution in [0.4, 0.5) is 0 Å². The van der Waals surface area contributed by atoms with Crippen molar-refractivity contribution in [1.82, 2.24) is 5.06 Å². The number of rotatable bonds is 2. The highest BCUT2D eigenvalue weighted by Gasteiger charge is 2.15. The van der Waals surface area contributed by atoms with Crippen LogP contribution in [0.15, 0.2) is 41.8 Å². The van der Waals surface area contributed by atoms with Crippen LogP contribution in [0.3, 0.4) is 0 Å². The predicted octanol–water partition coefficient (Wildman–Crippen LogP) is 3.45. The molecule has 1 unspecified atom stereocenters. The molecular formula is C16H15NO2S. The molecule has 0 radical (unpaired) electrons. The van der Waals surface area contributed by atoms with E-state index in [2.05, 4.69) is 11.8 Å². The second-order valence-electron chi connectivity index (χ2n) is 4.39. The zero-order valence-corrected chi connectivity index (χ0v) is 12.1. The summed E-state index contributed by atoms with van der Waals surface area (Å²) in [5, 5.41) is 12.3. The summed E-state index contributed by atoms with van der Waals surface area (Å²) < 4.78 is 0. The van der Waals surface area contributed by atoms with Gasteiger partial charge in [-0.25, -0.2) is 5.06 Å². The molecule has 2 rings (SSSR count). The van der Waals surface area contributed by atoms with Crippen molar-refractivity contribution in [2.24, 2.45) is 0 Å². The van der Waals surface area contributed by atoms with Gasteiger partial charge in [0.25, 0.3) is 0 Å². The van der Waals surface area contributed by atoms with E-state index < -0.39 is 0 Å². The lowest BCUT2D eigenvalue weighted by molar-refractivity contribution is -0.172. The van der Waals surface area contributed by atoms with Crippen molar-refractivity contribution in [1.29, 1.82) is 0 Å². The van der Waals surface area contributed by atoms with Gasteiger partial charge in [0.05, 0.1) is 10.9 Å². The number of thiophene rings is 1. The molecule has 4 heteroatoms. The first-order valence-electron chi connectivity index (χ1n) is 6.22. The molecule has 1 N–H and O–H groups in total. The Balaban J connectivity index is 2.12. The highest BCUT2D eigenvalue weighted by atomic mass is 32.1. The molecular weight excluding hydrogens is 270 g/mol. The second-order valence-corrected chi connectivity index (χ2v) is 5.34. The molecule has 1 atom stereocenters. The van der Waals surface area contributed by atoms with Gasteiger partial charge in [-0.2, -0.15) is 0 Å². The Labute approximate surface area is 122 Å². The number of amides is 1. The van der Waals surface area contributed by atoms with E-state index in [4.69, 9.17) is 0 Å². The Hall–Kier alpha value is -2.09. The van der Waals surface area contributed by atoms with Gasteiger partial charge in [0, 0.05) is 12.5 Å². The molecule has 0 fully saturated rings. The van der Waals surface area contributed by atoms with Crippen LogP contribution >= 0.6 is 11.3 Å². The lowest BCUT2D eigenvalue weighted by Crippen LogP contribution is -2.27. The maximum absolute atomic E-state index is 11.1. The summed E-state index contributed by atoms with van der Waals surface area (Å²) >= 11 is 1.61. The fourth-order valence-electron chi connectivity index (χ4n) is 1.74. The fourth-order valence-corrected chi connectivity index (χ4v) is 2.31. The molecule has 3 nitrogen and oxygen atoms in total. The number of hydroxylamine groups is 2. The Kier molecular flexibility index (Phi) is 4.57. The summed E-state index contributed by atoms with van der Waals surface area (Å²) in [6.45, 7) is 3.10. The average molecular weight is 285 g/mol. The van der Waals surface area contributed by atoms with E-state index in [0.717, 1.165) is 21.1 Å². The van der Waals surface area contributed by atoms with Crippen LogP contribution in [-0.4, -0.2) is 16.2 Å². The van der Waals surface area contributed by atoms with Crippen LogP contribution < -0.4 is 0 Å². The number of carbonyl (C=O) groups excluding carboxylic acids is 1. The topological polar surface area (TPSA) is 40.5 Å². The Bertz CT molecular complexity index is 635. The second kappa shape index (κ2) is 6.38. The maximum Gasteiger partial charge on any atom is 0.243 e. The summed E-state index contributed by atoms with van der Waals surface area (Å²) in [6, 6.07) is 11.1. The van der Waals surface area contributed by atoms with Gasteiger partial charge >= 0.3 is 0 Å². The van der Waals surface area contributed by atoms with Gasteiger partial charge in [0.2, 0.25) is 5.91 Å². The lowest BCUT2D eigenvalue weighted by atomic mass is 10.1. The number of hydrogen-bond acceptors (Lipinski definition) is 3. The first-order chi connectivity index (χ1) is 9.58. The van der Waals surface area contributed by atoms with Crippen LogP contribution in [0.25, 0.3) is 0 Å². The monoisotopic (exact) mass is 285 g/mol. The molecule has 102 valence electrons. The number of benzene rings is 1. The molecule has 1 aromatic heterocycles. The largest absolute Gasteiger partial charge is 0.285 e. The highest BCUT2D eigenvalue weighted by molar-refractivity contribution is 7.10. The smallest absolute Gasteiger partial charge is 0.243 e. The Morgan fingerprint density at radius 3 is 2.50 bits per heavy atom. The van der Waals surface area contributed by atoms with E-state index >= 15 is 0 Å². The van der Waals surface area contributed by atoms with Crippen LogP contribution in [-0.2, 0) is 4.79 Å². The van der Waals surface area contributed by atoms with Gasteiger partial charge in [-0.3, -0.25) is 10.0 Å². The van der Waals surface area contributed by atoms with E-state index in [-0.39, 0.29) is 11.9 Å². The van der Waals surface area contributed by atoms with Crippen molar-refractivity contribution in [2.45, 2.75) is 19.9 Å². The van der Waals surface area contributed by atoms with Crippen molar-refractivity contribution in [3.05, 3.63) is 57.8 Å². The van der Waals surface area contributed by atoms with Crippen molar-refractivity contribution < 1.29 is 10.0 Å². The van der Waals surface area contributed by atoms with E-state index in [1.54, 1.807) is 18.3 Å². The number of hydrogen-bond donors (Lipinski definition) is 1. The molecule has 0 saturated carbocycles. The van der Waals surface area contributed by atoms with Gasteiger partial charge in [0.1, 0.15) is 0 Å². The lowest BCUT2D eigenvalue weighted by Gasteiger charge is -2.21. The fraction of sp³-hybridized carbons (Fsp3) is 0.188. The maximum atomic E-state index is 11.1. The van der Waals surface area contributed by atoms with E-state index in [1.807, 2.05) is 41.8 Å². The van der Waals surface area contributed by atoms with Crippen LogP contribution in [0.5, 0.6) is 0 Å². The van der Waals surface area contributed by atoms with Crippen molar-refractivity contribution in [3.8, 4) is 11.8 Å². The Morgan fingerprint density at radius 2 is 1.95 bits per heavy atom. The third-order valence-corrected chi connectivity index (χ3v) is 3.72. The van der Waals surface area contributed by atoms with Crippen LogP contribution in [0, 0.1) is 11.8 Å². The molecule has 0 bridgehead atoms. The summed E-state index contributed by atoms with van der Waals surface area (Å²) in [4.78, 5) is 12.1. The molecule has 0 spiro atoms. The van der Waals surface area contributed by atoms with Crippen molar-refractivity contribution >= 4 is 17.2 Å². The molecule has 1 amide bonds. The molecule has 1 aromatic carbocycles. The van der Waals surface area contributed by atoms with E-state index in [1.165, 1.54) is 6.92 Å². The van der Waals surface area contributed by atoms with Gasteiger partial charge in [0.15, 0.2) is 0 Å². The molecule has 0 aliphatic heterocycles. The molecule has 0 aliphatic rings. The predicted molar refractivity (Wildman–Crippen MR) is 79.5 cm³/mol. The minimum atomic E-state index is -0.376. The highest BCUT2D eigenvalue weighted by Crippen LogP contribution is 2.19. The molecule has 20 heavy (non-hydrogen) atoms. The first-order valence-corrected chi connectivity index (χ1v) is 7.10. The third-order valence-electron chi connectivity index (χ3n) is 2.93. The Morgan fingerprint density at radius 1 is 1.25 bits per heavy atom. The number of nitrogens with zero attached hydrogens (tertiary/aromatic N) is 1. The zero-order valence-electron chi connectivity index (χ0n) is 11.3. The standard InChI is InChI=1S/C16H15NO2S/c1-12(17(19)13(2)18)15-8-5-14(6-9-15)7-10-16-4-3-11-20-16/h3-6,8-9,11-12,19H,1-2H3. The summed E-state index contributed by atoms with van der Waals surface area (Å²) in [5.74, 6) is 5.79. The van der Waals surface area contributed by atoms with Gasteiger partial charge in [-0.1, -0.05) is 30.0 Å². The summed E-state index contributed by atoms with van der Waals surface area (Å²) in [5.41, 5.74) is 1.77. The van der Waals surface area contributed by atoms with Gasteiger partial charge in [-0.15, -0.1) is 11.3 Å². The first kappa shape index (κ1) is 14.3. The quantitative estimate of drug-likeness (QED) is 0.521. The van der Waals surface area contributed by atoms with Crippen molar-refractivity contribution in [3.63, 3.8) is 0 Å². The summed E-state index contributed by atoms with van der Waals surface area (Å²) in [6.07, 6.45) is 0. The summed E-state index contributed by atoms with van der Waals surface area (Å²) in [7, 11) is 0. The van der Waals surface area contributed by atoms with Gasteiger partial charge in [-0.05, 0) is 36.1 Å². The molecule has 0 aliphatic carbocycles. The zero-order chi connectivity index (χ0) is 14.5. The molecule has 1 heterocycles. The van der Waals surface area contributed by atoms with E-state index in [9.17, 15) is 10.0 Å². The number of carbonyl (C=O) groups is 1. The van der Waals surface area contributed by atoms with Crippen LogP contribution in [0.2, 0.25) is 0 Å². The van der Waals surface area contributed by atoms with Crippen molar-refractivity contribution in [2.75, 3.05) is 0 Å². The van der Waals surface area contributed by atoms with E-state index in [0.29, 0.717) is 0 Å². The minimum Gasteiger partial charge on any atom is -0.285 e. The average Bonchev–Trinajstić information content (AvgIpc) is 2.97. The van der Waals surface area contributed by atoms with Crippen LogP contribution in [0.1, 0.15) is 35.9 Å². The SMILES string of the molecule is CC(=O)N(O)C(C)c1ccc(C#Cc2cccs2)cc1. The third kappa shape index (κ3) is 3.47. The normalized spacial score (nSPS) is 11.3. The molecule has 2 aromatic rings. The minimum absolute atomic E-state index is 0.369. The van der Waals surface area contributed by atoms with Gasteiger partial charge < -0.3 is 0 Å². The molecule has 0 saturated heterocycles.